The number of carbonyl (C=O) groups excluding carboxylic acids is 3. The Morgan fingerprint density at radius 2 is 1.70 bits per heavy atom. The molecule has 3 amide bonds. The topological polar surface area (TPSA) is 87.7 Å². The number of rotatable bonds is 2. The van der Waals surface area contributed by atoms with Crippen molar-refractivity contribution in [1.82, 2.24) is 15.8 Å². The molecular weight excluding hydrogens is 298 g/mol. The maximum atomic E-state index is 11.9. The first kappa shape index (κ1) is 16.8. The molecule has 124 valence electrons. The first-order valence-corrected chi connectivity index (χ1v) is 7.39. The van der Waals surface area contributed by atoms with Crippen LogP contribution in [-0.4, -0.2) is 41.5 Å². The highest BCUT2D eigenvalue weighted by Gasteiger charge is 2.37. The maximum absolute atomic E-state index is 11.9. The number of nitrogens with one attached hydrogen (secondary N) is 2. The third kappa shape index (κ3) is 4.70. The van der Waals surface area contributed by atoms with Crippen LogP contribution in [0, 0.1) is 5.92 Å². The fraction of sp³-hybridized carbons (Fsp3) is 0.438. The molecule has 7 heteroatoms. The van der Waals surface area contributed by atoms with Crippen LogP contribution < -0.4 is 10.9 Å². The molecule has 0 aromatic heterocycles. The molecule has 0 saturated carbocycles. The van der Waals surface area contributed by atoms with Gasteiger partial charge in [0.05, 0.1) is 5.92 Å². The summed E-state index contributed by atoms with van der Waals surface area (Å²) in [6.45, 7) is 5.92. The number of likely N-dealkylation sites (tertiary alicyclic amines) is 1. The number of ether oxygens (including phenoxy) is 1. The van der Waals surface area contributed by atoms with E-state index in [9.17, 15) is 14.4 Å². The molecule has 2 N–H and O–H groups in total. The molecule has 0 atom stereocenters. The molecule has 0 bridgehead atoms. The zero-order valence-corrected chi connectivity index (χ0v) is 13.5. The van der Waals surface area contributed by atoms with Gasteiger partial charge in [-0.1, -0.05) is 18.2 Å². The molecule has 0 aliphatic carbocycles. The van der Waals surface area contributed by atoms with Crippen molar-refractivity contribution < 1.29 is 19.1 Å². The van der Waals surface area contributed by atoms with Crippen molar-refractivity contribution in [1.29, 1.82) is 0 Å². The highest BCUT2D eigenvalue weighted by molar-refractivity contribution is 5.95. The Kier molecular flexibility index (Phi) is 4.88. The normalized spacial score (nSPS) is 14.7. The molecule has 1 fully saturated rings. The van der Waals surface area contributed by atoms with E-state index in [-0.39, 0.29) is 30.8 Å². The zero-order chi connectivity index (χ0) is 17.0. The number of carbonyl (C=O) groups is 3. The fourth-order valence-corrected chi connectivity index (χ4v) is 2.00. The van der Waals surface area contributed by atoms with Crippen LogP contribution in [-0.2, 0) is 9.53 Å². The van der Waals surface area contributed by atoms with Crippen molar-refractivity contribution in [2.45, 2.75) is 26.4 Å². The van der Waals surface area contributed by atoms with E-state index in [4.69, 9.17) is 4.74 Å². The number of benzene rings is 1. The summed E-state index contributed by atoms with van der Waals surface area (Å²) in [5.41, 5.74) is 4.62. The number of amides is 3. The van der Waals surface area contributed by atoms with Gasteiger partial charge in [-0.25, -0.2) is 4.79 Å². The van der Waals surface area contributed by atoms with Crippen LogP contribution >= 0.6 is 0 Å². The predicted molar refractivity (Wildman–Crippen MR) is 83.3 cm³/mol. The Morgan fingerprint density at radius 3 is 2.26 bits per heavy atom. The van der Waals surface area contributed by atoms with E-state index in [1.165, 1.54) is 4.90 Å². The van der Waals surface area contributed by atoms with E-state index in [1.807, 2.05) is 0 Å². The molecule has 1 heterocycles. The van der Waals surface area contributed by atoms with Gasteiger partial charge in [0.2, 0.25) is 5.91 Å². The van der Waals surface area contributed by atoms with Crippen molar-refractivity contribution in [3.63, 3.8) is 0 Å². The van der Waals surface area contributed by atoms with Crippen LogP contribution in [0.2, 0.25) is 0 Å². The molecule has 1 aliphatic rings. The van der Waals surface area contributed by atoms with Gasteiger partial charge in [0.25, 0.3) is 5.91 Å². The maximum Gasteiger partial charge on any atom is 0.410 e. The lowest BCUT2D eigenvalue weighted by Gasteiger charge is -2.38. The average molecular weight is 319 g/mol. The van der Waals surface area contributed by atoms with Crippen LogP contribution in [0.4, 0.5) is 4.79 Å². The van der Waals surface area contributed by atoms with E-state index >= 15 is 0 Å². The molecule has 0 spiro atoms. The average Bonchev–Trinajstić information content (AvgIpc) is 2.42. The number of nitrogens with zero attached hydrogens (tertiary/aromatic N) is 1. The van der Waals surface area contributed by atoms with Crippen molar-refractivity contribution in [2.75, 3.05) is 13.1 Å². The Hall–Kier alpha value is -2.57. The van der Waals surface area contributed by atoms with Crippen molar-refractivity contribution in [3.8, 4) is 0 Å². The summed E-state index contributed by atoms with van der Waals surface area (Å²) in [7, 11) is 0. The summed E-state index contributed by atoms with van der Waals surface area (Å²) in [5, 5.41) is 0. The van der Waals surface area contributed by atoms with E-state index in [0.717, 1.165) is 0 Å². The summed E-state index contributed by atoms with van der Waals surface area (Å²) < 4.78 is 5.21. The van der Waals surface area contributed by atoms with Gasteiger partial charge in [0.15, 0.2) is 0 Å². The highest BCUT2D eigenvalue weighted by Crippen LogP contribution is 2.19. The van der Waals surface area contributed by atoms with E-state index in [1.54, 1.807) is 51.1 Å². The molecule has 2 rings (SSSR count). The largest absolute Gasteiger partial charge is 0.444 e. The molecule has 1 saturated heterocycles. The molecule has 7 nitrogen and oxygen atoms in total. The first-order valence-electron chi connectivity index (χ1n) is 7.39. The monoisotopic (exact) mass is 319 g/mol. The van der Waals surface area contributed by atoms with Crippen LogP contribution in [0.1, 0.15) is 31.1 Å². The van der Waals surface area contributed by atoms with Gasteiger partial charge in [0.1, 0.15) is 5.60 Å². The van der Waals surface area contributed by atoms with Crippen molar-refractivity contribution >= 4 is 17.9 Å². The second-order valence-corrected chi connectivity index (χ2v) is 6.39. The van der Waals surface area contributed by atoms with Gasteiger partial charge in [-0.05, 0) is 32.9 Å². The second kappa shape index (κ2) is 6.68. The lowest BCUT2D eigenvalue weighted by Crippen LogP contribution is -2.58. The number of hydrazine groups is 1. The summed E-state index contributed by atoms with van der Waals surface area (Å²) in [5.74, 6) is -1.06. The minimum Gasteiger partial charge on any atom is -0.444 e. The van der Waals surface area contributed by atoms with Crippen LogP contribution in [0.3, 0.4) is 0 Å². The van der Waals surface area contributed by atoms with Crippen molar-refractivity contribution in [3.05, 3.63) is 35.9 Å². The quantitative estimate of drug-likeness (QED) is 0.805. The van der Waals surface area contributed by atoms with Gasteiger partial charge in [0, 0.05) is 18.7 Å². The Morgan fingerprint density at radius 1 is 1.09 bits per heavy atom. The molecule has 0 unspecified atom stereocenters. The van der Waals surface area contributed by atoms with Gasteiger partial charge in [-0.3, -0.25) is 20.4 Å². The molecule has 1 aliphatic heterocycles. The lowest BCUT2D eigenvalue weighted by atomic mass is 10.0. The summed E-state index contributed by atoms with van der Waals surface area (Å²) in [6.07, 6.45) is -0.435. The van der Waals surface area contributed by atoms with E-state index in [2.05, 4.69) is 10.9 Å². The van der Waals surface area contributed by atoms with Gasteiger partial charge in [-0.15, -0.1) is 0 Å². The van der Waals surface area contributed by atoms with Crippen molar-refractivity contribution in [2.24, 2.45) is 5.92 Å². The lowest BCUT2D eigenvalue weighted by molar-refractivity contribution is -0.130. The summed E-state index contributed by atoms with van der Waals surface area (Å²) >= 11 is 0. The molecule has 23 heavy (non-hydrogen) atoms. The second-order valence-electron chi connectivity index (χ2n) is 6.39. The van der Waals surface area contributed by atoms with Gasteiger partial charge >= 0.3 is 6.09 Å². The Balaban J connectivity index is 1.73. The highest BCUT2D eigenvalue weighted by atomic mass is 16.6. The Bertz CT molecular complexity index is 589. The summed E-state index contributed by atoms with van der Waals surface area (Å²) in [6, 6.07) is 8.57. The minimum absolute atomic E-state index is 0.280. The number of hydrogen-bond donors (Lipinski definition) is 2. The molecule has 0 radical (unpaired) electrons. The SMILES string of the molecule is CC(C)(C)OC(=O)N1CC(C(=O)NNC(=O)c2ccccc2)C1. The fourth-order valence-electron chi connectivity index (χ4n) is 2.00. The molecule has 1 aromatic rings. The standard InChI is InChI=1S/C16H21N3O4/c1-16(2,3)23-15(22)19-9-12(10-19)14(21)18-17-13(20)11-7-5-4-6-8-11/h4-8,12H,9-10H2,1-3H3,(H,17,20)(H,18,21). The zero-order valence-electron chi connectivity index (χ0n) is 13.5. The smallest absolute Gasteiger partial charge is 0.410 e. The minimum atomic E-state index is -0.561. The number of hydrogen-bond acceptors (Lipinski definition) is 4. The first-order chi connectivity index (χ1) is 10.8. The van der Waals surface area contributed by atoms with Gasteiger partial charge in [-0.2, -0.15) is 0 Å². The third-order valence-electron chi connectivity index (χ3n) is 3.24. The predicted octanol–water partition coefficient (Wildman–Crippen LogP) is 1.31. The van der Waals surface area contributed by atoms with E-state index < -0.39 is 11.7 Å². The van der Waals surface area contributed by atoms with E-state index in [0.29, 0.717) is 5.56 Å². The summed E-state index contributed by atoms with van der Waals surface area (Å²) in [4.78, 5) is 36.9. The third-order valence-corrected chi connectivity index (χ3v) is 3.24. The van der Waals surface area contributed by atoms with Crippen LogP contribution in [0.25, 0.3) is 0 Å². The Labute approximate surface area is 135 Å². The van der Waals surface area contributed by atoms with Crippen LogP contribution in [0.5, 0.6) is 0 Å². The van der Waals surface area contributed by atoms with Gasteiger partial charge < -0.3 is 9.64 Å². The van der Waals surface area contributed by atoms with Crippen LogP contribution in [0.15, 0.2) is 30.3 Å². The molecular formula is C16H21N3O4. The molecule has 1 aromatic carbocycles.